The average Bonchev–Trinajstić information content (AvgIpc) is 2.41. The lowest BCUT2D eigenvalue weighted by Crippen LogP contribution is -2.64. The summed E-state index contributed by atoms with van der Waals surface area (Å²) >= 11 is 0. The molecule has 1 spiro atoms. The highest BCUT2D eigenvalue weighted by molar-refractivity contribution is 5.02. The molecule has 94 valence electrons. The summed E-state index contributed by atoms with van der Waals surface area (Å²) in [5.74, 6) is -0.508. The van der Waals surface area contributed by atoms with Crippen molar-refractivity contribution >= 4 is 0 Å². The molecule has 2 aliphatic rings. The van der Waals surface area contributed by atoms with E-state index >= 15 is 0 Å². The first-order chi connectivity index (χ1) is 7.17. The Balaban J connectivity index is 2.26. The number of hydroxylamine groups is 2. The van der Waals surface area contributed by atoms with Crippen LogP contribution in [0.25, 0.3) is 0 Å². The molecule has 1 atom stereocenters. The van der Waals surface area contributed by atoms with E-state index in [1.54, 1.807) is 0 Å². The first-order valence-corrected chi connectivity index (χ1v) is 5.98. The normalized spacial score (nSPS) is 36.8. The Kier molecular flexibility index (Phi) is 2.63. The molecule has 0 aliphatic carbocycles. The molecule has 1 N–H and O–H groups in total. The molecule has 4 heteroatoms. The fraction of sp³-hybridized carbons (Fsp3) is 1.00. The van der Waals surface area contributed by atoms with Gasteiger partial charge in [0.1, 0.15) is 0 Å². The van der Waals surface area contributed by atoms with Crippen molar-refractivity contribution in [2.45, 2.75) is 70.4 Å². The lowest BCUT2D eigenvalue weighted by molar-refractivity contribution is -0.317. The molecule has 2 aliphatic heterocycles. The Labute approximate surface area is 97.5 Å². The van der Waals surface area contributed by atoms with Crippen molar-refractivity contribution in [3.8, 4) is 0 Å². The number of hydrogen-bond donors (Lipinski definition) is 1. The summed E-state index contributed by atoms with van der Waals surface area (Å²) in [7, 11) is 0. The molecule has 2 saturated heterocycles. The van der Waals surface area contributed by atoms with E-state index in [1.165, 1.54) is 5.06 Å². The van der Waals surface area contributed by atoms with Gasteiger partial charge in [-0.25, -0.2) is 0 Å². The van der Waals surface area contributed by atoms with Gasteiger partial charge in [0.15, 0.2) is 5.79 Å². The van der Waals surface area contributed by atoms with Crippen molar-refractivity contribution in [3.63, 3.8) is 0 Å². The largest absolute Gasteiger partial charge is 0.347 e. The van der Waals surface area contributed by atoms with E-state index in [-0.39, 0.29) is 17.2 Å². The number of nitrogens with zero attached hydrogens (tertiary/aromatic N) is 1. The minimum absolute atomic E-state index is 0.150. The molecule has 0 bridgehead atoms. The molecule has 0 saturated carbocycles. The van der Waals surface area contributed by atoms with E-state index in [1.807, 2.05) is 34.6 Å². The Morgan fingerprint density at radius 2 is 1.62 bits per heavy atom. The zero-order chi connectivity index (χ0) is 12.2. The molecule has 2 heterocycles. The third-order valence-corrected chi connectivity index (χ3v) is 3.55. The second-order valence-electron chi connectivity index (χ2n) is 6.44. The summed E-state index contributed by atoms with van der Waals surface area (Å²) in [6.45, 7) is 10.8. The molecule has 0 aromatic rings. The molecule has 2 rings (SSSR count). The van der Waals surface area contributed by atoms with Crippen molar-refractivity contribution in [2.75, 3.05) is 6.61 Å². The van der Waals surface area contributed by atoms with Crippen LogP contribution in [0.3, 0.4) is 0 Å². The number of piperidine rings is 1. The molecular weight excluding hydrogens is 206 g/mol. The van der Waals surface area contributed by atoms with Crippen LogP contribution in [0.2, 0.25) is 0 Å². The predicted octanol–water partition coefficient (Wildman–Crippen LogP) is 2.16. The second kappa shape index (κ2) is 3.42. The van der Waals surface area contributed by atoms with Gasteiger partial charge < -0.3 is 14.7 Å². The molecule has 2 fully saturated rings. The van der Waals surface area contributed by atoms with Crippen LogP contribution in [0.4, 0.5) is 0 Å². The monoisotopic (exact) mass is 229 g/mol. The third-order valence-electron chi connectivity index (χ3n) is 3.55. The van der Waals surface area contributed by atoms with Gasteiger partial charge in [-0.05, 0) is 34.6 Å². The summed E-state index contributed by atoms with van der Waals surface area (Å²) < 4.78 is 11.8. The van der Waals surface area contributed by atoms with Gasteiger partial charge in [0.2, 0.25) is 0 Å². The van der Waals surface area contributed by atoms with Gasteiger partial charge in [-0.1, -0.05) is 0 Å². The highest BCUT2D eigenvalue weighted by Crippen LogP contribution is 2.47. The number of hydrogen-bond acceptors (Lipinski definition) is 4. The van der Waals surface area contributed by atoms with Crippen molar-refractivity contribution in [1.29, 1.82) is 0 Å². The zero-order valence-corrected chi connectivity index (χ0v) is 10.9. The SMILES string of the molecule is CC1COC2(CC(C)(C)N(O)C(C)(C)C2)O1. The van der Waals surface area contributed by atoms with Crippen LogP contribution in [0, 0.1) is 0 Å². The molecular formula is C12H23NO3. The summed E-state index contributed by atoms with van der Waals surface area (Å²) in [4.78, 5) is 0. The first-order valence-electron chi connectivity index (χ1n) is 5.98. The van der Waals surface area contributed by atoms with E-state index in [0.29, 0.717) is 19.4 Å². The van der Waals surface area contributed by atoms with E-state index in [2.05, 4.69) is 0 Å². The van der Waals surface area contributed by atoms with Crippen LogP contribution >= 0.6 is 0 Å². The Hall–Kier alpha value is -0.160. The maximum atomic E-state index is 10.2. The van der Waals surface area contributed by atoms with Crippen LogP contribution in [-0.2, 0) is 9.47 Å². The highest BCUT2D eigenvalue weighted by atomic mass is 16.7. The lowest BCUT2D eigenvalue weighted by atomic mass is 9.78. The molecule has 0 amide bonds. The lowest BCUT2D eigenvalue weighted by Gasteiger charge is -2.54. The van der Waals surface area contributed by atoms with Gasteiger partial charge in [0, 0.05) is 23.9 Å². The quantitative estimate of drug-likeness (QED) is 0.691. The average molecular weight is 229 g/mol. The summed E-state index contributed by atoms with van der Waals surface area (Å²) in [6.07, 6.45) is 1.55. The fourth-order valence-electron chi connectivity index (χ4n) is 3.24. The van der Waals surface area contributed by atoms with Gasteiger partial charge in [-0.3, -0.25) is 0 Å². The van der Waals surface area contributed by atoms with Crippen LogP contribution in [0.15, 0.2) is 0 Å². The highest BCUT2D eigenvalue weighted by Gasteiger charge is 2.56. The van der Waals surface area contributed by atoms with Crippen LogP contribution in [-0.4, -0.2) is 39.8 Å². The predicted molar refractivity (Wildman–Crippen MR) is 60.2 cm³/mol. The van der Waals surface area contributed by atoms with Gasteiger partial charge >= 0.3 is 0 Å². The molecule has 0 radical (unpaired) electrons. The summed E-state index contributed by atoms with van der Waals surface area (Å²) in [6, 6.07) is 0. The maximum Gasteiger partial charge on any atom is 0.172 e. The smallest absolute Gasteiger partial charge is 0.172 e. The molecule has 1 unspecified atom stereocenters. The van der Waals surface area contributed by atoms with E-state index in [0.717, 1.165) is 0 Å². The van der Waals surface area contributed by atoms with Gasteiger partial charge in [0.25, 0.3) is 0 Å². The molecule has 4 nitrogen and oxygen atoms in total. The van der Waals surface area contributed by atoms with Crippen LogP contribution in [0.1, 0.15) is 47.5 Å². The summed E-state index contributed by atoms with van der Waals surface area (Å²) in [5.41, 5.74) is -0.655. The van der Waals surface area contributed by atoms with Crippen molar-refractivity contribution in [1.82, 2.24) is 5.06 Å². The van der Waals surface area contributed by atoms with E-state index in [9.17, 15) is 5.21 Å². The number of rotatable bonds is 0. The Morgan fingerprint density at radius 1 is 1.12 bits per heavy atom. The zero-order valence-electron chi connectivity index (χ0n) is 10.9. The topological polar surface area (TPSA) is 41.9 Å². The minimum Gasteiger partial charge on any atom is -0.347 e. The van der Waals surface area contributed by atoms with Crippen molar-refractivity contribution in [3.05, 3.63) is 0 Å². The Bertz CT molecular complexity index is 270. The Morgan fingerprint density at radius 3 is 2.00 bits per heavy atom. The van der Waals surface area contributed by atoms with E-state index in [4.69, 9.17) is 9.47 Å². The summed E-state index contributed by atoms with van der Waals surface area (Å²) in [5, 5.41) is 11.6. The molecule has 16 heavy (non-hydrogen) atoms. The standard InChI is InChI=1S/C12H23NO3/c1-9-6-15-12(16-9)7-10(2,3)13(14)11(4,5)8-12/h9,14H,6-8H2,1-5H3. The fourth-order valence-corrected chi connectivity index (χ4v) is 3.24. The van der Waals surface area contributed by atoms with Crippen LogP contribution < -0.4 is 0 Å². The first kappa shape index (κ1) is 12.3. The van der Waals surface area contributed by atoms with Gasteiger partial charge in [0.05, 0.1) is 12.7 Å². The van der Waals surface area contributed by atoms with Crippen molar-refractivity contribution in [2.24, 2.45) is 0 Å². The molecule has 0 aromatic carbocycles. The maximum absolute atomic E-state index is 10.2. The number of ether oxygens (including phenoxy) is 2. The molecule has 0 aromatic heterocycles. The van der Waals surface area contributed by atoms with Crippen molar-refractivity contribution < 1.29 is 14.7 Å². The minimum atomic E-state index is -0.508. The van der Waals surface area contributed by atoms with Gasteiger partial charge in [-0.15, -0.1) is 0 Å². The second-order valence-corrected chi connectivity index (χ2v) is 6.44. The van der Waals surface area contributed by atoms with E-state index < -0.39 is 5.79 Å². The van der Waals surface area contributed by atoms with Crippen LogP contribution in [0.5, 0.6) is 0 Å². The third kappa shape index (κ3) is 1.88. The van der Waals surface area contributed by atoms with Gasteiger partial charge in [-0.2, -0.15) is 5.06 Å².